The second kappa shape index (κ2) is 17.0. The van der Waals surface area contributed by atoms with Crippen molar-refractivity contribution in [2.75, 3.05) is 25.1 Å². The van der Waals surface area contributed by atoms with Crippen LogP contribution in [0.5, 0.6) is 0 Å². The van der Waals surface area contributed by atoms with E-state index in [2.05, 4.69) is 119 Å². The lowest BCUT2D eigenvalue weighted by molar-refractivity contribution is -0.142. The van der Waals surface area contributed by atoms with Gasteiger partial charge in [-0.2, -0.15) is 11.8 Å². The summed E-state index contributed by atoms with van der Waals surface area (Å²) in [6.07, 6.45) is 7.60. The number of carbonyl (C=O) groups excluding carboxylic acids is 1. The number of H-pyrrole nitrogens is 1. The van der Waals surface area contributed by atoms with E-state index in [4.69, 9.17) is 0 Å². The Balaban J connectivity index is 1.45. The minimum absolute atomic E-state index is 0.00621. The first kappa shape index (κ1) is 36.1. The quantitative estimate of drug-likeness (QED) is 0.0790. The van der Waals surface area contributed by atoms with Gasteiger partial charge in [0.05, 0.1) is 24.1 Å². The van der Waals surface area contributed by atoms with Crippen molar-refractivity contribution in [1.82, 2.24) is 25.5 Å². The number of fused-ring (bicyclic) bond motifs is 2. The van der Waals surface area contributed by atoms with Gasteiger partial charge in [0, 0.05) is 25.3 Å². The molecule has 4 aromatic carbocycles. The van der Waals surface area contributed by atoms with Crippen molar-refractivity contribution in [1.29, 1.82) is 0 Å². The van der Waals surface area contributed by atoms with E-state index >= 15 is 0 Å². The van der Waals surface area contributed by atoms with Gasteiger partial charge in [0.1, 0.15) is 6.04 Å². The van der Waals surface area contributed by atoms with Crippen LogP contribution in [0.4, 0.5) is 0 Å². The predicted molar refractivity (Wildman–Crippen MR) is 202 cm³/mol. The number of carboxylic acid groups (broad SMARTS) is 1. The Bertz CT molecular complexity index is 1820. The smallest absolute Gasteiger partial charge is 0.326 e. The molecule has 0 spiro atoms. The Morgan fingerprint density at radius 2 is 1.73 bits per heavy atom. The zero-order valence-corrected chi connectivity index (χ0v) is 29.8. The van der Waals surface area contributed by atoms with Crippen LogP contribution in [-0.4, -0.2) is 69.0 Å². The summed E-state index contributed by atoms with van der Waals surface area (Å²) in [5, 5.41) is 21.4. The number of carboxylic acids is 1. The highest BCUT2D eigenvalue weighted by Crippen LogP contribution is 2.29. The molecule has 0 aliphatic carbocycles. The molecule has 0 bridgehead atoms. The number of aromatic amines is 1. The van der Waals surface area contributed by atoms with Crippen molar-refractivity contribution < 1.29 is 14.7 Å². The first-order valence-electron chi connectivity index (χ1n) is 17.1. The van der Waals surface area contributed by atoms with Gasteiger partial charge in [-0.05, 0) is 70.4 Å². The van der Waals surface area contributed by atoms with Gasteiger partial charge in [-0.15, -0.1) is 0 Å². The normalized spacial score (nSPS) is 14.8. The highest BCUT2D eigenvalue weighted by molar-refractivity contribution is 7.98. The Morgan fingerprint density at radius 3 is 2.45 bits per heavy atom. The minimum Gasteiger partial charge on any atom is -0.480 e. The molecule has 8 nitrogen and oxygen atoms in total. The summed E-state index contributed by atoms with van der Waals surface area (Å²) in [6, 6.07) is 28.7. The van der Waals surface area contributed by atoms with Gasteiger partial charge < -0.3 is 20.7 Å². The van der Waals surface area contributed by atoms with Gasteiger partial charge in [-0.1, -0.05) is 105 Å². The number of aliphatic carboxylic acids is 1. The van der Waals surface area contributed by atoms with Crippen LogP contribution >= 0.6 is 11.8 Å². The number of imidazole rings is 1. The number of amides is 1. The maximum atomic E-state index is 13.6. The van der Waals surface area contributed by atoms with E-state index in [1.54, 1.807) is 18.1 Å². The fraction of sp³-hybridized carbons (Fsp3) is 0.375. The number of hydrogen-bond acceptors (Lipinski definition) is 6. The molecule has 1 unspecified atom stereocenters. The summed E-state index contributed by atoms with van der Waals surface area (Å²) >= 11 is 1.57. The fourth-order valence-corrected chi connectivity index (χ4v) is 7.14. The first-order valence-corrected chi connectivity index (χ1v) is 18.5. The highest BCUT2D eigenvalue weighted by Gasteiger charge is 2.34. The lowest BCUT2D eigenvalue weighted by atomic mass is 9.86. The van der Waals surface area contributed by atoms with E-state index in [9.17, 15) is 14.7 Å². The van der Waals surface area contributed by atoms with Crippen LogP contribution in [0.25, 0.3) is 21.5 Å². The van der Waals surface area contributed by atoms with Crippen LogP contribution in [0, 0.1) is 5.92 Å². The summed E-state index contributed by atoms with van der Waals surface area (Å²) in [4.78, 5) is 35.5. The lowest BCUT2D eigenvalue weighted by Gasteiger charge is -2.39. The van der Waals surface area contributed by atoms with Crippen molar-refractivity contribution in [2.24, 2.45) is 5.92 Å². The molecule has 0 radical (unpaired) electrons. The minimum atomic E-state index is -1.01. The molecule has 4 N–H and O–H groups in total. The molecule has 5 rings (SSSR count). The van der Waals surface area contributed by atoms with Gasteiger partial charge >= 0.3 is 5.97 Å². The summed E-state index contributed by atoms with van der Waals surface area (Å²) < 4.78 is 0. The van der Waals surface area contributed by atoms with Crippen molar-refractivity contribution in [2.45, 2.75) is 64.2 Å². The zero-order valence-electron chi connectivity index (χ0n) is 29.0. The molecule has 258 valence electrons. The van der Waals surface area contributed by atoms with E-state index in [-0.39, 0.29) is 24.4 Å². The number of benzene rings is 4. The largest absolute Gasteiger partial charge is 0.480 e. The molecule has 9 heteroatoms. The third kappa shape index (κ3) is 9.50. The molecule has 4 atom stereocenters. The Hall–Kier alpha value is -4.18. The monoisotopic (exact) mass is 679 g/mol. The van der Waals surface area contributed by atoms with Gasteiger partial charge in [-0.25, -0.2) is 9.78 Å². The molecule has 0 saturated heterocycles. The van der Waals surface area contributed by atoms with E-state index in [1.165, 1.54) is 16.3 Å². The molecule has 1 aromatic heterocycles. The van der Waals surface area contributed by atoms with Crippen LogP contribution in [0.1, 0.15) is 50.4 Å². The third-order valence-electron chi connectivity index (χ3n) is 9.64. The maximum absolute atomic E-state index is 13.6. The lowest BCUT2D eigenvalue weighted by Crippen LogP contribution is -2.55. The summed E-state index contributed by atoms with van der Waals surface area (Å²) in [5.41, 5.74) is 2.83. The zero-order chi connectivity index (χ0) is 34.8. The van der Waals surface area contributed by atoms with E-state index < -0.39 is 17.6 Å². The second-order valence-electron chi connectivity index (χ2n) is 13.3. The first-order chi connectivity index (χ1) is 23.7. The average Bonchev–Trinajstić information content (AvgIpc) is 3.66. The number of nitrogens with zero attached hydrogens (tertiary/aromatic N) is 2. The van der Waals surface area contributed by atoms with Gasteiger partial charge in [0.2, 0.25) is 5.91 Å². The highest BCUT2D eigenvalue weighted by atomic mass is 32.2. The van der Waals surface area contributed by atoms with Crippen molar-refractivity contribution in [3.05, 3.63) is 114 Å². The molecular formula is C40H49N5O3S. The molecule has 49 heavy (non-hydrogen) atoms. The molecule has 1 amide bonds. The molecule has 1 heterocycles. The van der Waals surface area contributed by atoms with Crippen LogP contribution in [0.2, 0.25) is 0 Å². The van der Waals surface area contributed by atoms with Crippen molar-refractivity contribution in [3.8, 4) is 0 Å². The molecule has 0 saturated carbocycles. The number of carbonyl (C=O) groups is 2. The topological polar surface area (TPSA) is 110 Å². The molecule has 0 fully saturated rings. The molecule has 0 aliphatic heterocycles. The Kier molecular flexibility index (Phi) is 12.5. The molecule has 0 aliphatic rings. The molecular weight excluding hydrogens is 631 g/mol. The number of nitrogens with one attached hydrogen (secondary N) is 3. The van der Waals surface area contributed by atoms with Crippen molar-refractivity contribution >= 4 is 45.2 Å². The maximum Gasteiger partial charge on any atom is 0.326 e. The number of thioether (sulfide) groups is 1. The predicted octanol–water partition coefficient (Wildman–Crippen LogP) is 7.00. The summed E-state index contributed by atoms with van der Waals surface area (Å²) in [6.45, 7) is 7.86. The SMILES string of the molecule is CC[C@H](C)[C@@H](CN(CC(=O)N[C@@H](CCSC)C(=O)O)Cc1cccc2ccccc12)NC(C)(Cc1ccc2ccccc2c1)c1cnc[nH]1. The summed E-state index contributed by atoms with van der Waals surface area (Å²) in [7, 11) is 0. The second-order valence-corrected chi connectivity index (χ2v) is 14.3. The number of aromatic nitrogens is 2. The van der Waals surface area contributed by atoms with Gasteiger partial charge in [0.15, 0.2) is 0 Å². The number of hydrogen-bond donors (Lipinski definition) is 4. The van der Waals surface area contributed by atoms with Crippen LogP contribution < -0.4 is 10.6 Å². The van der Waals surface area contributed by atoms with E-state index in [0.29, 0.717) is 25.3 Å². The molecule has 5 aromatic rings. The van der Waals surface area contributed by atoms with E-state index in [0.717, 1.165) is 34.9 Å². The van der Waals surface area contributed by atoms with Gasteiger partial charge in [0.25, 0.3) is 0 Å². The Morgan fingerprint density at radius 1 is 1.00 bits per heavy atom. The fourth-order valence-electron chi connectivity index (χ4n) is 6.67. The summed E-state index contributed by atoms with van der Waals surface area (Å²) in [5.74, 6) is -0.374. The van der Waals surface area contributed by atoms with E-state index in [1.807, 2.05) is 24.6 Å². The van der Waals surface area contributed by atoms with Crippen LogP contribution in [0.3, 0.4) is 0 Å². The standard InChI is InChI=1S/C40H49N5O3S/c1-5-28(2)36(44-40(3,37-23-41-27-42-37)22-29-17-18-30-11-6-7-13-32(30)21-29)25-45(26-38(46)43-35(39(47)48)19-20-49-4)24-33-15-10-14-31-12-8-9-16-34(31)33/h6-18,21,23,27-28,35-36,44H,5,19-20,22,24-26H2,1-4H3,(H,41,42)(H,43,46)(H,47,48)/t28-,35-,36+,40?/m0/s1. The van der Waals surface area contributed by atoms with Gasteiger partial charge in [-0.3, -0.25) is 9.69 Å². The van der Waals surface area contributed by atoms with Crippen LogP contribution in [-0.2, 0) is 28.1 Å². The Labute approximate surface area is 294 Å². The number of rotatable bonds is 18. The van der Waals surface area contributed by atoms with Crippen molar-refractivity contribution in [3.63, 3.8) is 0 Å². The average molecular weight is 680 g/mol. The van der Waals surface area contributed by atoms with Crippen LogP contribution in [0.15, 0.2) is 97.5 Å². The third-order valence-corrected chi connectivity index (χ3v) is 10.3.